The number of thioether (sulfide) groups is 1. The Morgan fingerprint density at radius 3 is 2.75 bits per heavy atom. The first-order valence-corrected chi connectivity index (χ1v) is 10.1. The molecule has 2 heterocycles. The third-order valence-electron chi connectivity index (χ3n) is 3.91. The highest BCUT2D eigenvalue weighted by Crippen LogP contribution is 2.34. The SMILES string of the molecule is CSc1cc(Oc2ccnc3c2CC(=O)C=N3)ccc1CC(=O)OC(C)(C)C. The van der Waals surface area contributed by atoms with Gasteiger partial charge in [-0.15, -0.1) is 11.8 Å². The number of benzene rings is 1. The number of ketones is 1. The zero-order chi connectivity index (χ0) is 20.3. The van der Waals surface area contributed by atoms with Crippen LogP contribution in [-0.4, -0.2) is 34.8 Å². The summed E-state index contributed by atoms with van der Waals surface area (Å²) < 4.78 is 11.4. The van der Waals surface area contributed by atoms with Crippen molar-refractivity contribution in [1.29, 1.82) is 0 Å². The van der Waals surface area contributed by atoms with Gasteiger partial charge < -0.3 is 9.47 Å². The molecule has 0 saturated carbocycles. The van der Waals surface area contributed by atoms with E-state index in [1.54, 1.807) is 18.3 Å². The highest BCUT2D eigenvalue weighted by molar-refractivity contribution is 7.98. The fourth-order valence-corrected chi connectivity index (χ4v) is 3.42. The predicted octanol–water partition coefficient (Wildman–Crippen LogP) is 4.31. The molecule has 1 aliphatic rings. The van der Waals surface area contributed by atoms with E-state index in [0.29, 0.717) is 22.9 Å². The van der Waals surface area contributed by atoms with Gasteiger partial charge in [0.05, 0.1) is 12.6 Å². The number of carbonyl (C=O) groups is 2. The van der Waals surface area contributed by atoms with Gasteiger partial charge in [-0.2, -0.15) is 0 Å². The van der Waals surface area contributed by atoms with E-state index in [-0.39, 0.29) is 24.6 Å². The molecule has 0 bridgehead atoms. The first-order valence-electron chi connectivity index (χ1n) is 8.86. The average Bonchev–Trinajstić information content (AvgIpc) is 2.62. The Morgan fingerprint density at radius 2 is 2.04 bits per heavy atom. The van der Waals surface area contributed by atoms with Crippen molar-refractivity contribution in [3.05, 3.63) is 41.6 Å². The zero-order valence-electron chi connectivity index (χ0n) is 16.3. The Balaban J connectivity index is 1.81. The molecule has 0 fully saturated rings. The summed E-state index contributed by atoms with van der Waals surface area (Å²) in [5.41, 5.74) is 1.05. The van der Waals surface area contributed by atoms with Gasteiger partial charge in [-0.25, -0.2) is 9.98 Å². The lowest BCUT2D eigenvalue weighted by Crippen LogP contribution is -2.25. The van der Waals surface area contributed by atoms with Crippen LogP contribution in [0, 0.1) is 0 Å². The minimum absolute atomic E-state index is 0.0807. The Kier molecular flexibility index (Phi) is 5.84. The Labute approximate surface area is 168 Å². The monoisotopic (exact) mass is 398 g/mol. The molecule has 1 aliphatic heterocycles. The number of fused-ring (bicyclic) bond motifs is 1. The maximum absolute atomic E-state index is 12.1. The van der Waals surface area contributed by atoms with Crippen LogP contribution in [0.15, 0.2) is 40.4 Å². The van der Waals surface area contributed by atoms with Crippen LogP contribution in [0.2, 0.25) is 0 Å². The number of carbonyl (C=O) groups excluding carboxylic acids is 2. The summed E-state index contributed by atoms with van der Waals surface area (Å²) >= 11 is 1.53. The van der Waals surface area contributed by atoms with Gasteiger partial charge in [0.1, 0.15) is 17.1 Å². The highest BCUT2D eigenvalue weighted by atomic mass is 32.2. The average molecular weight is 398 g/mol. The number of esters is 1. The van der Waals surface area contributed by atoms with Crippen molar-refractivity contribution < 1.29 is 19.1 Å². The van der Waals surface area contributed by atoms with Crippen molar-refractivity contribution in [2.75, 3.05) is 6.26 Å². The Bertz CT molecular complexity index is 948. The lowest BCUT2D eigenvalue weighted by atomic mass is 10.1. The first-order chi connectivity index (χ1) is 13.2. The van der Waals surface area contributed by atoms with Crippen molar-refractivity contribution in [3.63, 3.8) is 0 Å². The van der Waals surface area contributed by atoms with Gasteiger partial charge in [0.25, 0.3) is 0 Å². The largest absolute Gasteiger partial charge is 0.460 e. The number of pyridine rings is 1. The van der Waals surface area contributed by atoms with E-state index in [4.69, 9.17) is 9.47 Å². The number of Topliss-reactive ketones (excluding diaryl/α,β-unsaturated/α-hetero) is 1. The van der Waals surface area contributed by atoms with Crippen molar-refractivity contribution >= 4 is 35.5 Å². The summed E-state index contributed by atoms with van der Waals surface area (Å²) in [6.07, 6.45) is 5.25. The molecule has 0 atom stereocenters. The zero-order valence-corrected chi connectivity index (χ0v) is 17.1. The Morgan fingerprint density at radius 1 is 1.25 bits per heavy atom. The van der Waals surface area contributed by atoms with Gasteiger partial charge in [-0.05, 0) is 50.8 Å². The molecule has 0 saturated heterocycles. The molecule has 0 radical (unpaired) electrons. The molecule has 1 aromatic carbocycles. The van der Waals surface area contributed by atoms with Gasteiger partial charge in [-0.1, -0.05) is 6.07 Å². The summed E-state index contributed by atoms with van der Waals surface area (Å²) in [5, 5.41) is 0. The Hall–Kier alpha value is -2.67. The fourth-order valence-electron chi connectivity index (χ4n) is 2.78. The van der Waals surface area contributed by atoms with E-state index in [1.807, 2.05) is 39.2 Å². The van der Waals surface area contributed by atoms with Crippen LogP contribution in [0.3, 0.4) is 0 Å². The van der Waals surface area contributed by atoms with E-state index in [2.05, 4.69) is 9.98 Å². The van der Waals surface area contributed by atoms with Crippen LogP contribution < -0.4 is 4.74 Å². The summed E-state index contributed by atoms with van der Waals surface area (Å²) in [5.74, 6) is 1.33. The van der Waals surface area contributed by atoms with Gasteiger partial charge in [0, 0.05) is 23.1 Å². The normalized spacial score (nSPS) is 13.2. The molecular weight excluding hydrogens is 376 g/mol. The third-order valence-corrected chi connectivity index (χ3v) is 4.73. The van der Waals surface area contributed by atoms with Gasteiger partial charge in [0.2, 0.25) is 0 Å². The molecule has 2 aromatic rings. The molecule has 146 valence electrons. The van der Waals surface area contributed by atoms with Crippen LogP contribution >= 0.6 is 11.8 Å². The standard InChI is InChI=1S/C21H22N2O4S/c1-21(2,3)27-19(25)9-13-5-6-15(11-18(13)28-4)26-17-7-8-22-20-16(17)10-14(24)12-23-20/h5-8,11-12H,9-10H2,1-4H3. The van der Waals surface area contributed by atoms with Crippen LogP contribution in [-0.2, 0) is 27.2 Å². The molecule has 3 rings (SSSR count). The molecule has 6 nitrogen and oxygen atoms in total. The smallest absolute Gasteiger partial charge is 0.310 e. The van der Waals surface area contributed by atoms with Gasteiger partial charge in [0.15, 0.2) is 11.6 Å². The van der Waals surface area contributed by atoms with Crippen LogP contribution in [0.25, 0.3) is 0 Å². The molecule has 0 unspecified atom stereocenters. The second-order valence-corrected chi connectivity index (χ2v) is 8.20. The topological polar surface area (TPSA) is 77.9 Å². The number of aromatic nitrogens is 1. The molecule has 7 heteroatoms. The number of rotatable bonds is 5. The summed E-state index contributed by atoms with van der Waals surface area (Å²) in [6, 6.07) is 7.27. The number of ether oxygens (including phenoxy) is 2. The van der Waals surface area contributed by atoms with E-state index < -0.39 is 5.60 Å². The van der Waals surface area contributed by atoms with Gasteiger partial charge in [-0.3, -0.25) is 9.59 Å². The summed E-state index contributed by atoms with van der Waals surface area (Å²) in [4.78, 5) is 33.0. The number of nitrogens with zero attached hydrogens (tertiary/aromatic N) is 2. The molecule has 1 aromatic heterocycles. The van der Waals surface area contributed by atoms with Crippen LogP contribution in [0.1, 0.15) is 31.9 Å². The molecule has 0 amide bonds. The van der Waals surface area contributed by atoms with E-state index >= 15 is 0 Å². The number of aliphatic imine (C=N–C) groups is 1. The minimum atomic E-state index is -0.514. The second kappa shape index (κ2) is 8.14. The second-order valence-electron chi connectivity index (χ2n) is 7.35. The first kappa shape index (κ1) is 20.1. The lowest BCUT2D eigenvalue weighted by molar-refractivity contribution is -0.153. The lowest BCUT2D eigenvalue weighted by Gasteiger charge is -2.20. The summed E-state index contributed by atoms with van der Waals surface area (Å²) in [6.45, 7) is 5.55. The maximum atomic E-state index is 12.1. The number of hydrogen-bond acceptors (Lipinski definition) is 7. The third kappa shape index (κ3) is 4.98. The van der Waals surface area contributed by atoms with Crippen molar-refractivity contribution in [1.82, 2.24) is 4.98 Å². The fraction of sp³-hybridized carbons (Fsp3) is 0.333. The molecule has 0 N–H and O–H groups in total. The summed E-state index contributed by atoms with van der Waals surface area (Å²) in [7, 11) is 0. The molecule has 28 heavy (non-hydrogen) atoms. The van der Waals surface area contributed by atoms with Gasteiger partial charge >= 0.3 is 5.97 Å². The molecule has 0 spiro atoms. The van der Waals surface area contributed by atoms with Crippen molar-refractivity contribution in [2.24, 2.45) is 4.99 Å². The minimum Gasteiger partial charge on any atom is -0.460 e. The predicted molar refractivity (Wildman–Crippen MR) is 109 cm³/mol. The molecule has 0 aliphatic carbocycles. The number of hydrogen-bond donors (Lipinski definition) is 0. The van der Waals surface area contributed by atoms with Crippen molar-refractivity contribution in [3.8, 4) is 11.5 Å². The highest BCUT2D eigenvalue weighted by Gasteiger charge is 2.20. The van der Waals surface area contributed by atoms with E-state index in [0.717, 1.165) is 10.5 Å². The van der Waals surface area contributed by atoms with E-state index in [1.165, 1.54) is 18.0 Å². The van der Waals surface area contributed by atoms with Crippen molar-refractivity contribution in [2.45, 2.75) is 44.1 Å². The quantitative estimate of drug-likeness (QED) is 0.552. The van der Waals surface area contributed by atoms with E-state index in [9.17, 15) is 9.59 Å². The molecular formula is C21H22N2O4S. The van der Waals surface area contributed by atoms with Crippen LogP contribution in [0.5, 0.6) is 11.5 Å². The van der Waals surface area contributed by atoms with Crippen LogP contribution in [0.4, 0.5) is 5.82 Å². The maximum Gasteiger partial charge on any atom is 0.310 e.